The molecule has 0 saturated heterocycles. The maximum Gasteiger partial charge on any atom is 0.426 e. The first-order valence-electron chi connectivity index (χ1n) is 5.12. The van der Waals surface area contributed by atoms with Crippen LogP contribution in [0.3, 0.4) is 0 Å². The number of ether oxygens (including phenoxy) is 1. The van der Waals surface area contributed by atoms with Crippen molar-refractivity contribution in [1.29, 1.82) is 0 Å². The Morgan fingerprint density at radius 3 is 2.19 bits per heavy atom. The molecule has 6 nitrogen and oxygen atoms in total. The first kappa shape index (κ1) is 14.5. The largest absolute Gasteiger partial charge is 0.464 e. The number of carboxylic acid groups (broad SMARTS) is 1. The summed E-state index contributed by atoms with van der Waals surface area (Å²) >= 11 is 0. The highest BCUT2D eigenvalue weighted by Crippen LogP contribution is 2.07. The Morgan fingerprint density at radius 2 is 1.88 bits per heavy atom. The molecule has 0 aliphatic carbocycles. The second kappa shape index (κ2) is 5.58. The summed E-state index contributed by atoms with van der Waals surface area (Å²) in [5.41, 5.74) is 1.53. The fourth-order valence-corrected chi connectivity index (χ4v) is 0.948. The van der Waals surface area contributed by atoms with Gasteiger partial charge in [-0.05, 0) is 26.7 Å². The second-order valence-corrected chi connectivity index (χ2v) is 4.90. The number of rotatable bonds is 2. The van der Waals surface area contributed by atoms with E-state index in [-0.39, 0.29) is 12.5 Å². The van der Waals surface area contributed by atoms with Gasteiger partial charge < -0.3 is 9.84 Å². The van der Waals surface area contributed by atoms with Crippen LogP contribution in [-0.4, -0.2) is 34.4 Å². The molecule has 0 aromatic rings. The molecule has 16 heavy (non-hydrogen) atoms. The molecular weight excluding hydrogens is 212 g/mol. The Balaban J connectivity index is 4.30. The summed E-state index contributed by atoms with van der Waals surface area (Å²) < 4.78 is 4.94. The summed E-state index contributed by atoms with van der Waals surface area (Å²) in [7, 11) is 0. The molecule has 6 heteroatoms. The van der Waals surface area contributed by atoms with Crippen LogP contribution in [0.5, 0.6) is 0 Å². The molecule has 2 N–H and O–H groups in total. The zero-order chi connectivity index (χ0) is 12.9. The van der Waals surface area contributed by atoms with Crippen molar-refractivity contribution in [3.05, 3.63) is 0 Å². The van der Waals surface area contributed by atoms with Crippen LogP contribution in [0.1, 0.15) is 34.6 Å². The lowest BCUT2D eigenvalue weighted by Gasteiger charge is -2.25. The standard InChI is InChI=1S/C10H20N2O4/c1-7(2)6-12(9(14)15)11-8(13)16-10(3,4)5/h7H,6H2,1-5H3,(H,11,13)(H,14,15). The van der Waals surface area contributed by atoms with Gasteiger partial charge in [0, 0.05) is 6.54 Å². The quantitative estimate of drug-likeness (QED) is 0.714. The average molecular weight is 232 g/mol. The third-order valence-corrected chi connectivity index (χ3v) is 1.40. The third-order valence-electron chi connectivity index (χ3n) is 1.40. The van der Waals surface area contributed by atoms with Crippen molar-refractivity contribution in [1.82, 2.24) is 10.4 Å². The van der Waals surface area contributed by atoms with E-state index in [1.807, 2.05) is 13.8 Å². The van der Waals surface area contributed by atoms with Gasteiger partial charge in [-0.25, -0.2) is 20.0 Å². The lowest BCUT2D eigenvalue weighted by Crippen LogP contribution is -2.48. The lowest BCUT2D eigenvalue weighted by molar-refractivity contribution is 0.0315. The topological polar surface area (TPSA) is 78.9 Å². The van der Waals surface area contributed by atoms with Gasteiger partial charge in [0.25, 0.3) is 0 Å². The van der Waals surface area contributed by atoms with Crippen molar-refractivity contribution in [3.63, 3.8) is 0 Å². The van der Waals surface area contributed by atoms with Crippen LogP contribution in [0.4, 0.5) is 9.59 Å². The van der Waals surface area contributed by atoms with Crippen LogP contribution in [0.2, 0.25) is 0 Å². The van der Waals surface area contributed by atoms with Crippen molar-refractivity contribution in [2.45, 2.75) is 40.2 Å². The van der Waals surface area contributed by atoms with Crippen LogP contribution < -0.4 is 5.43 Å². The van der Waals surface area contributed by atoms with Gasteiger partial charge in [0.1, 0.15) is 5.60 Å². The van der Waals surface area contributed by atoms with Crippen LogP contribution in [0, 0.1) is 5.92 Å². The molecule has 0 fully saturated rings. The Labute approximate surface area is 95.5 Å². The molecule has 0 aliphatic rings. The number of amides is 2. The van der Waals surface area contributed by atoms with Gasteiger partial charge >= 0.3 is 12.2 Å². The molecule has 0 bridgehead atoms. The molecule has 0 rings (SSSR count). The SMILES string of the molecule is CC(C)CN(NC(=O)OC(C)(C)C)C(=O)O. The molecule has 0 atom stereocenters. The van der Waals surface area contributed by atoms with Crippen molar-refractivity contribution >= 4 is 12.2 Å². The highest BCUT2D eigenvalue weighted by molar-refractivity contribution is 5.73. The Hall–Kier alpha value is -1.46. The zero-order valence-electron chi connectivity index (χ0n) is 10.4. The Morgan fingerprint density at radius 1 is 1.38 bits per heavy atom. The molecule has 0 unspecified atom stereocenters. The zero-order valence-corrected chi connectivity index (χ0v) is 10.4. The van der Waals surface area contributed by atoms with Gasteiger partial charge in [0.05, 0.1) is 0 Å². The molecule has 0 aromatic carbocycles. The van der Waals surface area contributed by atoms with Crippen LogP contribution in [0.25, 0.3) is 0 Å². The van der Waals surface area contributed by atoms with E-state index in [9.17, 15) is 9.59 Å². The minimum absolute atomic E-state index is 0.117. The first-order valence-corrected chi connectivity index (χ1v) is 5.12. The van der Waals surface area contributed by atoms with Gasteiger partial charge in [0.15, 0.2) is 0 Å². The maximum absolute atomic E-state index is 11.3. The fraction of sp³-hybridized carbons (Fsp3) is 0.800. The van der Waals surface area contributed by atoms with Gasteiger partial charge in [-0.3, -0.25) is 0 Å². The van der Waals surface area contributed by atoms with E-state index < -0.39 is 17.8 Å². The molecule has 0 heterocycles. The molecule has 0 aromatic heterocycles. The predicted octanol–water partition coefficient (Wildman–Crippen LogP) is 2.06. The second-order valence-electron chi connectivity index (χ2n) is 4.90. The lowest BCUT2D eigenvalue weighted by atomic mass is 10.2. The van der Waals surface area contributed by atoms with E-state index in [0.717, 1.165) is 5.01 Å². The van der Waals surface area contributed by atoms with Crippen molar-refractivity contribution in [2.24, 2.45) is 5.92 Å². The van der Waals surface area contributed by atoms with E-state index in [4.69, 9.17) is 9.84 Å². The molecule has 0 saturated carbocycles. The number of carbonyl (C=O) groups is 2. The number of carbonyl (C=O) groups excluding carboxylic acids is 1. The summed E-state index contributed by atoms with van der Waals surface area (Å²) in [5, 5.41) is 9.64. The average Bonchev–Trinajstić information content (AvgIpc) is 1.97. The Kier molecular flexibility index (Phi) is 5.07. The summed E-state index contributed by atoms with van der Waals surface area (Å²) in [6.45, 7) is 9.05. The maximum atomic E-state index is 11.3. The molecule has 94 valence electrons. The van der Waals surface area contributed by atoms with Gasteiger partial charge in [-0.15, -0.1) is 0 Å². The minimum atomic E-state index is -1.21. The molecule has 0 aliphatic heterocycles. The van der Waals surface area contributed by atoms with E-state index in [1.54, 1.807) is 20.8 Å². The third kappa shape index (κ3) is 6.92. The van der Waals surface area contributed by atoms with E-state index in [2.05, 4.69) is 5.43 Å². The monoisotopic (exact) mass is 232 g/mol. The van der Waals surface area contributed by atoms with Crippen molar-refractivity contribution < 1.29 is 19.4 Å². The highest BCUT2D eigenvalue weighted by Gasteiger charge is 2.21. The molecular formula is C10H20N2O4. The van der Waals surface area contributed by atoms with Crippen LogP contribution in [0.15, 0.2) is 0 Å². The van der Waals surface area contributed by atoms with Crippen LogP contribution in [-0.2, 0) is 4.74 Å². The Bertz CT molecular complexity index is 258. The van der Waals surface area contributed by atoms with Gasteiger partial charge in [0.2, 0.25) is 0 Å². The predicted molar refractivity (Wildman–Crippen MR) is 58.9 cm³/mol. The number of hydrogen-bond acceptors (Lipinski definition) is 3. The van der Waals surface area contributed by atoms with E-state index >= 15 is 0 Å². The van der Waals surface area contributed by atoms with Crippen LogP contribution >= 0.6 is 0 Å². The normalized spacial score (nSPS) is 11.1. The molecule has 0 spiro atoms. The minimum Gasteiger partial charge on any atom is -0.464 e. The van der Waals surface area contributed by atoms with Gasteiger partial charge in [-0.2, -0.15) is 0 Å². The summed E-state index contributed by atoms with van der Waals surface area (Å²) in [6, 6.07) is 0. The summed E-state index contributed by atoms with van der Waals surface area (Å²) in [6.07, 6.45) is -1.98. The fourth-order valence-electron chi connectivity index (χ4n) is 0.948. The molecule has 2 amide bonds. The highest BCUT2D eigenvalue weighted by atomic mass is 16.6. The van der Waals surface area contributed by atoms with E-state index in [0.29, 0.717) is 0 Å². The number of nitrogens with zero attached hydrogens (tertiary/aromatic N) is 1. The molecule has 0 radical (unpaired) electrons. The number of hydrazine groups is 1. The smallest absolute Gasteiger partial charge is 0.426 e. The van der Waals surface area contributed by atoms with Crippen molar-refractivity contribution in [3.8, 4) is 0 Å². The summed E-state index contributed by atoms with van der Waals surface area (Å²) in [4.78, 5) is 22.1. The van der Waals surface area contributed by atoms with Crippen molar-refractivity contribution in [2.75, 3.05) is 6.54 Å². The first-order chi connectivity index (χ1) is 7.11. The number of nitrogens with one attached hydrogen (secondary N) is 1. The van der Waals surface area contributed by atoms with E-state index in [1.165, 1.54) is 0 Å². The summed E-state index contributed by atoms with van der Waals surface area (Å²) in [5.74, 6) is 0.117. The number of hydrogen-bond donors (Lipinski definition) is 2. The van der Waals surface area contributed by atoms with Gasteiger partial charge in [-0.1, -0.05) is 13.8 Å².